The molecule has 34 heavy (non-hydrogen) atoms. The molecule has 0 N–H and O–H groups in total. The number of benzene rings is 2. The van der Waals surface area contributed by atoms with Crippen LogP contribution in [0.15, 0.2) is 54.6 Å². The lowest BCUT2D eigenvalue weighted by Crippen LogP contribution is -2.43. The molecule has 0 amide bonds. The lowest BCUT2D eigenvalue weighted by molar-refractivity contribution is -0.170. The van der Waals surface area contributed by atoms with Crippen molar-refractivity contribution in [1.29, 1.82) is 0 Å². The highest BCUT2D eigenvalue weighted by Gasteiger charge is 2.35. The summed E-state index contributed by atoms with van der Waals surface area (Å²) in [5, 5.41) is 0.508. The van der Waals surface area contributed by atoms with Crippen LogP contribution in [-0.2, 0) is 16.0 Å². The van der Waals surface area contributed by atoms with Crippen LogP contribution in [0.5, 0.6) is 5.75 Å². The first-order chi connectivity index (χ1) is 15.9. The zero-order chi connectivity index (χ0) is 25.1. The van der Waals surface area contributed by atoms with Crippen molar-refractivity contribution in [3.05, 3.63) is 75.1 Å². The molecule has 0 aliphatic heterocycles. The number of rotatable bonds is 8. The Morgan fingerprint density at radius 2 is 1.56 bits per heavy atom. The van der Waals surface area contributed by atoms with Gasteiger partial charge in [0, 0.05) is 11.3 Å². The van der Waals surface area contributed by atoms with E-state index >= 15 is 0 Å². The van der Waals surface area contributed by atoms with Crippen LogP contribution >= 0.6 is 34.5 Å². The van der Waals surface area contributed by atoms with Gasteiger partial charge in [-0.3, -0.25) is 4.79 Å². The Hall–Kier alpha value is -2.34. The summed E-state index contributed by atoms with van der Waals surface area (Å²) in [6.07, 6.45) is 0.736. The van der Waals surface area contributed by atoms with Crippen LogP contribution in [0.25, 0.3) is 10.4 Å². The molecule has 0 saturated carbocycles. The molecule has 1 heterocycles. The van der Waals surface area contributed by atoms with Crippen molar-refractivity contribution < 1.29 is 19.1 Å². The van der Waals surface area contributed by atoms with Crippen LogP contribution in [0.3, 0.4) is 0 Å². The summed E-state index contributed by atoms with van der Waals surface area (Å²) >= 11 is 14.4. The number of ether oxygens (including phenoxy) is 2. The Balaban J connectivity index is 1.67. The van der Waals surface area contributed by atoms with Gasteiger partial charge in [-0.15, -0.1) is 11.3 Å². The largest absolute Gasteiger partial charge is 0.475 e. The van der Waals surface area contributed by atoms with E-state index in [9.17, 15) is 9.59 Å². The molecule has 0 spiro atoms. The number of hydrogen-bond acceptors (Lipinski definition) is 5. The van der Waals surface area contributed by atoms with E-state index in [0.717, 1.165) is 16.0 Å². The molecule has 0 bridgehead atoms. The first kappa shape index (κ1) is 26.3. The van der Waals surface area contributed by atoms with Gasteiger partial charge in [-0.2, -0.15) is 0 Å². The summed E-state index contributed by atoms with van der Waals surface area (Å²) in [7, 11) is 0. The minimum atomic E-state index is -1.26. The third-order valence-electron chi connectivity index (χ3n) is 4.94. The summed E-state index contributed by atoms with van der Waals surface area (Å²) < 4.78 is 11.3. The molecule has 0 aliphatic carbocycles. The zero-order valence-corrected chi connectivity index (χ0v) is 22.2. The average molecular weight is 519 g/mol. The maximum atomic E-state index is 12.8. The van der Waals surface area contributed by atoms with Crippen LogP contribution in [-0.4, -0.2) is 23.0 Å². The van der Waals surface area contributed by atoms with Gasteiger partial charge in [-0.25, -0.2) is 4.79 Å². The van der Waals surface area contributed by atoms with Gasteiger partial charge in [0.05, 0.1) is 9.90 Å². The molecule has 0 saturated heterocycles. The minimum Gasteiger partial charge on any atom is -0.475 e. The maximum Gasteiger partial charge on any atom is 0.350 e. The van der Waals surface area contributed by atoms with E-state index < -0.39 is 17.2 Å². The molecule has 0 unspecified atom stereocenters. The molecule has 0 atom stereocenters. The summed E-state index contributed by atoms with van der Waals surface area (Å²) in [4.78, 5) is 27.0. The van der Waals surface area contributed by atoms with Gasteiger partial charge < -0.3 is 9.47 Å². The van der Waals surface area contributed by atoms with Gasteiger partial charge in [0.1, 0.15) is 16.4 Å². The van der Waals surface area contributed by atoms with Crippen LogP contribution in [0.1, 0.15) is 56.3 Å². The van der Waals surface area contributed by atoms with Crippen molar-refractivity contribution in [1.82, 2.24) is 0 Å². The van der Waals surface area contributed by atoms with Crippen molar-refractivity contribution in [2.45, 2.75) is 58.7 Å². The van der Waals surface area contributed by atoms with Gasteiger partial charge >= 0.3 is 5.97 Å². The molecule has 2 aromatic carbocycles. The third kappa shape index (κ3) is 6.62. The lowest BCUT2D eigenvalue weighted by Gasteiger charge is -2.29. The highest BCUT2D eigenvalue weighted by atomic mass is 35.5. The highest BCUT2D eigenvalue weighted by molar-refractivity contribution is 7.17. The molecule has 1 aromatic heterocycles. The van der Waals surface area contributed by atoms with Gasteiger partial charge in [0.2, 0.25) is 0 Å². The second-order valence-corrected chi connectivity index (χ2v) is 11.3. The smallest absolute Gasteiger partial charge is 0.350 e. The number of aryl methyl sites for hydroxylation is 1. The normalized spacial score (nSPS) is 11.9. The number of esters is 1. The fourth-order valence-corrected chi connectivity index (χ4v) is 4.63. The van der Waals surface area contributed by atoms with Gasteiger partial charge in [0.15, 0.2) is 11.4 Å². The number of carbonyl (C=O) groups excluding carboxylic acids is 2. The van der Waals surface area contributed by atoms with Crippen molar-refractivity contribution >= 4 is 46.3 Å². The highest BCUT2D eigenvalue weighted by Crippen LogP contribution is 2.38. The van der Waals surface area contributed by atoms with Crippen LogP contribution in [0.4, 0.5) is 0 Å². The topological polar surface area (TPSA) is 52.6 Å². The first-order valence-electron chi connectivity index (χ1n) is 11.0. The molecular weight excluding hydrogens is 491 g/mol. The van der Waals surface area contributed by atoms with E-state index in [-0.39, 0.29) is 16.6 Å². The zero-order valence-electron chi connectivity index (χ0n) is 19.9. The Bertz CT molecular complexity index is 1180. The van der Waals surface area contributed by atoms with E-state index in [1.165, 1.54) is 11.3 Å². The summed E-state index contributed by atoms with van der Waals surface area (Å²) in [6, 6.07) is 17.2. The lowest BCUT2D eigenvalue weighted by atomic mass is 10.1. The monoisotopic (exact) mass is 518 g/mol. The quantitative estimate of drug-likeness (QED) is 0.223. The van der Waals surface area contributed by atoms with Gasteiger partial charge in [-0.05, 0) is 70.4 Å². The SMILES string of the molecule is CC(C)(C)OC(=O)C(C)(C)Oc1ccc(CCC(=O)c2ccc(-c3ccccc3)s2)c(Cl)c1Cl. The van der Waals surface area contributed by atoms with E-state index in [0.29, 0.717) is 22.7 Å². The standard InChI is InChI=1S/C27H28Cl2O4S/c1-26(2,3)33-25(31)27(4,5)32-20-14-12-18(23(28)24(20)29)11-13-19(30)22-16-15-21(34-22)17-9-7-6-8-10-17/h6-10,12,14-16H,11,13H2,1-5H3. The van der Waals surface area contributed by atoms with E-state index in [4.69, 9.17) is 32.7 Å². The van der Waals surface area contributed by atoms with E-state index in [2.05, 4.69) is 0 Å². The van der Waals surface area contributed by atoms with Gasteiger partial charge in [-0.1, -0.05) is 59.6 Å². The molecule has 4 nitrogen and oxygen atoms in total. The second kappa shape index (κ2) is 10.5. The maximum absolute atomic E-state index is 12.8. The van der Waals surface area contributed by atoms with Crippen molar-refractivity contribution in [3.63, 3.8) is 0 Å². The number of halogens is 2. The van der Waals surface area contributed by atoms with Crippen molar-refractivity contribution in [3.8, 4) is 16.2 Å². The van der Waals surface area contributed by atoms with Crippen LogP contribution in [0.2, 0.25) is 10.0 Å². The Labute approximate surface area is 214 Å². The summed E-state index contributed by atoms with van der Waals surface area (Å²) in [5.41, 5.74) is -0.0681. The van der Waals surface area contributed by atoms with Crippen LogP contribution in [0, 0.1) is 0 Å². The van der Waals surface area contributed by atoms with Crippen molar-refractivity contribution in [2.75, 3.05) is 0 Å². The summed E-state index contributed by atoms with van der Waals surface area (Å²) in [5.74, 6) is -0.179. The fraction of sp³-hybridized carbons (Fsp3) is 0.333. The Kier molecular flexibility index (Phi) is 8.12. The van der Waals surface area contributed by atoms with E-state index in [1.54, 1.807) is 46.8 Å². The first-order valence-corrected chi connectivity index (χ1v) is 12.5. The molecule has 3 rings (SSSR count). The number of thiophene rings is 1. The molecule has 7 heteroatoms. The second-order valence-electron chi connectivity index (χ2n) is 9.42. The molecule has 0 radical (unpaired) electrons. The minimum absolute atomic E-state index is 0.0470. The molecule has 3 aromatic rings. The fourth-order valence-electron chi connectivity index (χ4n) is 3.18. The Morgan fingerprint density at radius 3 is 2.21 bits per heavy atom. The predicted molar refractivity (Wildman–Crippen MR) is 139 cm³/mol. The van der Waals surface area contributed by atoms with Crippen molar-refractivity contribution in [2.24, 2.45) is 0 Å². The summed E-state index contributed by atoms with van der Waals surface area (Å²) in [6.45, 7) is 8.60. The number of carbonyl (C=O) groups is 2. The number of hydrogen-bond donors (Lipinski definition) is 0. The molecule has 0 fully saturated rings. The molecule has 180 valence electrons. The van der Waals surface area contributed by atoms with Crippen LogP contribution < -0.4 is 4.74 Å². The number of Topliss-reactive ketones (excluding diaryl/α,β-unsaturated/α-hetero) is 1. The van der Waals surface area contributed by atoms with Gasteiger partial charge in [0.25, 0.3) is 0 Å². The van der Waals surface area contributed by atoms with E-state index in [1.807, 2.05) is 42.5 Å². The number of ketones is 1. The molecule has 0 aliphatic rings. The molecular formula is C27H28Cl2O4S. The predicted octanol–water partition coefficient (Wildman–Crippen LogP) is 8.04. The third-order valence-corrected chi connectivity index (χ3v) is 7.02. The Morgan fingerprint density at radius 1 is 0.882 bits per heavy atom. The average Bonchev–Trinajstić information content (AvgIpc) is 3.26.